The van der Waals surface area contributed by atoms with E-state index in [1.54, 1.807) is 0 Å². The third-order valence-corrected chi connectivity index (χ3v) is 3.70. The standard InChI is InChI=1S/C15H20O9/c1-22-8-2-3-9(7(4-8)5-11(17)18)23-15-14(21)13(20)12(19)10(6-16)24-15/h2-4,10,12-16,19-21H,5-6H2,1H3,(H,17,18)/t10-,12-,13+,14-,15-/m1/s1. The Hall–Kier alpha value is -1.91. The van der Waals surface area contributed by atoms with Crippen LogP contribution in [-0.4, -0.2) is 75.9 Å². The molecule has 9 nitrogen and oxygen atoms in total. The molecule has 0 saturated carbocycles. The van der Waals surface area contributed by atoms with Gasteiger partial charge < -0.3 is 39.7 Å². The van der Waals surface area contributed by atoms with Gasteiger partial charge in [-0.15, -0.1) is 0 Å². The van der Waals surface area contributed by atoms with Crippen LogP contribution < -0.4 is 9.47 Å². The van der Waals surface area contributed by atoms with Gasteiger partial charge in [0.2, 0.25) is 6.29 Å². The molecule has 1 aliphatic heterocycles. The van der Waals surface area contributed by atoms with Crippen molar-refractivity contribution in [1.29, 1.82) is 0 Å². The second-order valence-corrected chi connectivity index (χ2v) is 5.36. The predicted molar refractivity (Wildman–Crippen MR) is 78.7 cm³/mol. The number of aliphatic hydroxyl groups is 4. The van der Waals surface area contributed by atoms with Crippen LogP contribution in [0.25, 0.3) is 0 Å². The van der Waals surface area contributed by atoms with E-state index in [0.29, 0.717) is 5.75 Å². The van der Waals surface area contributed by atoms with Gasteiger partial charge in [0, 0.05) is 5.56 Å². The van der Waals surface area contributed by atoms with Gasteiger partial charge in [-0.05, 0) is 18.2 Å². The maximum atomic E-state index is 11.0. The lowest BCUT2D eigenvalue weighted by Crippen LogP contribution is -2.60. The largest absolute Gasteiger partial charge is 0.497 e. The van der Waals surface area contributed by atoms with Gasteiger partial charge in [-0.1, -0.05) is 0 Å². The third-order valence-electron chi connectivity index (χ3n) is 3.70. The predicted octanol–water partition coefficient (Wildman–Crippen LogP) is -1.50. The van der Waals surface area contributed by atoms with E-state index in [2.05, 4.69) is 0 Å². The summed E-state index contributed by atoms with van der Waals surface area (Å²) in [5, 5.41) is 47.6. The van der Waals surface area contributed by atoms with E-state index >= 15 is 0 Å². The van der Waals surface area contributed by atoms with Crippen LogP contribution in [-0.2, 0) is 16.0 Å². The molecule has 0 unspecified atom stereocenters. The number of carbonyl (C=O) groups is 1. The highest BCUT2D eigenvalue weighted by atomic mass is 16.7. The number of carboxylic acids is 1. The Labute approximate surface area is 137 Å². The second kappa shape index (κ2) is 7.77. The number of ether oxygens (including phenoxy) is 3. The first-order chi connectivity index (χ1) is 11.4. The summed E-state index contributed by atoms with van der Waals surface area (Å²) in [5.41, 5.74) is 0.277. The molecule has 134 valence electrons. The highest BCUT2D eigenvalue weighted by Crippen LogP contribution is 2.29. The molecule has 0 bridgehead atoms. The molecule has 1 fully saturated rings. The van der Waals surface area contributed by atoms with Crippen molar-refractivity contribution in [2.24, 2.45) is 0 Å². The number of carboxylic acid groups (broad SMARTS) is 1. The van der Waals surface area contributed by atoms with Crippen molar-refractivity contribution in [3.05, 3.63) is 23.8 Å². The van der Waals surface area contributed by atoms with Crippen molar-refractivity contribution < 1.29 is 44.5 Å². The van der Waals surface area contributed by atoms with Crippen LogP contribution >= 0.6 is 0 Å². The maximum Gasteiger partial charge on any atom is 0.307 e. The molecule has 1 aromatic carbocycles. The molecule has 5 atom stereocenters. The Kier molecular flexibility index (Phi) is 5.97. The lowest BCUT2D eigenvalue weighted by molar-refractivity contribution is -0.277. The summed E-state index contributed by atoms with van der Waals surface area (Å²) in [6.45, 7) is -0.588. The fourth-order valence-electron chi connectivity index (χ4n) is 2.39. The van der Waals surface area contributed by atoms with Crippen molar-refractivity contribution in [3.63, 3.8) is 0 Å². The first-order valence-electron chi connectivity index (χ1n) is 7.23. The van der Waals surface area contributed by atoms with Crippen molar-refractivity contribution in [1.82, 2.24) is 0 Å². The van der Waals surface area contributed by atoms with E-state index in [-0.39, 0.29) is 17.7 Å². The van der Waals surface area contributed by atoms with E-state index in [1.807, 2.05) is 0 Å². The lowest BCUT2D eigenvalue weighted by Gasteiger charge is -2.39. The average Bonchev–Trinajstić information content (AvgIpc) is 2.56. The smallest absolute Gasteiger partial charge is 0.307 e. The molecule has 9 heteroatoms. The molecular formula is C15H20O9. The number of aliphatic hydroxyl groups excluding tert-OH is 4. The highest BCUT2D eigenvalue weighted by Gasteiger charge is 2.44. The Morgan fingerprint density at radius 3 is 2.50 bits per heavy atom. The lowest BCUT2D eigenvalue weighted by atomic mass is 9.99. The quantitative estimate of drug-likeness (QED) is 0.416. The highest BCUT2D eigenvalue weighted by molar-refractivity contribution is 5.71. The summed E-state index contributed by atoms with van der Waals surface area (Å²) in [6, 6.07) is 4.44. The normalized spacial score (nSPS) is 30.0. The summed E-state index contributed by atoms with van der Waals surface area (Å²) >= 11 is 0. The molecule has 0 spiro atoms. The van der Waals surface area contributed by atoms with Gasteiger partial charge in [0.25, 0.3) is 0 Å². The second-order valence-electron chi connectivity index (χ2n) is 5.36. The SMILES string of the molecule is COc1ccc(O[C@@H]2O[C@H](CO)[C@@H](O)[C@H](O)[C@H]2O)c(CC(=O)O)c1. The number of rotatable bonds is 6. The Morgan fingerprint density at radius 2 is 1.92 bits per heavy atom. The molecule has 2 rings (SSSR count). The van der Waals surface area contributed by atoms with Crippen molar-refractivity contribution in [2.75, 3.05) is 13.7 Å². The molecular weight excluding hydrogens is 324 g/mol. The van der Waals surface area contributed by atoms with Crippen LogP contribution in [0.1, 0.15) is 5.56 Å². The first-order valence-corrected chi connectivity index (χ1v) is 7.23. The summed E-state index contributed by atoms with van der Waals surface area (Å²) in [4.78, 5) is 11.0. The topological polar surface area (TPSA) is 146 Å². The van der Waals surface area contributed by atoms with E-state index in [1.165, 1.54) is 25.3 Å². The molecule has 5 N–H and O–H groups in total. The molecule has 0 aromatic heterocycles. The van der Waals surface area contributed by atoms with E-state index in [0.717, 1.165) is 0 Å². The summed E-state index contributed by atoms with van der Waals surface area (Å²) in [5.74, 6) is -0.558. The van der Waals surface area contributed by atoms with Crippen molar-refractivity contribution in [2.45, 2.75) is 37.1 Å². The van der Waals surface area contributed by atoms with Gasteiger partial charge in [0.1, 0.15) is 35.9 Å². The van der Waals surface area contributed by atoms with Crippen LogP contribution in [0.15, 0.2) is 18.2 Å². The van der Waals surface area contributed by atoms with Crippen LogP contribution in [0.3, 0.4) is 0 Å². The summed E-state index contributed by atoms with van der Waals surface area (Å²) in [6.07, 6.45) is -7.52. The van der Waals surface area contributed by atoms with Crippen LogP contribution in [0.4, 0.5) is 0 Å². The van der Waals surface area contributed by atoms with Gasteiger partial charge in [-0.25, -0.2) is 0 Å². The summed E-state index contributed by atoms with van der Waals surface area (Å²) in [7, 11) is 1.43. The minimum Gasteiger partial charge on any atom is -0.497 e. The van der Waals surface area contributed by atoms with E-state index < -0.39 is 43.3 Å². The fourth-order valence-corrected chi connectivity index (χ4v) is 2.39. The molecule has 1 saturated heterocycles. The molecule has 0 radical (unpaired) electrons. The maximum absolute atomic E-state index is 11.0. The van der Waals surface area contributed by atoms with Gasteiger partial charge in [-0.3, -0.25) is 4.79 Å². The Bertz CT molecular complexity index is 574. The monoisotopic (exact) mass is 344 g/mol. The molecule has 1 aliphatic rings. The van der Waals surface area contributed by atoms with E-state index in [4.69, 9.17) is 24.4 Å². The number of hydrogen-bond donors (Lipinski definition) is 5. The van der Waals surface area contributed by atoms with Gasteiger partial charge in [0.15, 0.2) is 0 Å². The minimum absolute atomic E-state index is 0.113. The van der Waals surface area contributed by atoms with Crippen molar-refractivity contribution >= 4 is 5.97 Å². The van der Waals surface area contributed by atoms with Crippen LogP contribution in [0.2, 0.25) is 0 Å². The third kappa shape index (κ3) is 3.94. The first kappa shape index (κ1) is 18.4. The molecule has 24 heavy (non-hydrogen) atoms. The molecule has 0 amide bonds. The molecule has 1 aromatic rings. The Balaban J connectivity index is 2.24. The average molecular weight is 344 g/mol. The van der Waals surface area contributed by atoms with Gasteiger partial charge in [0.05, 0.1) is 20.1 Å². The molecule has 1 heterocycles. The van der Waals surface area contributed by atoms with Crippen LogP contribution in [0, 0.1) is 0 Å². The molecule has 0 aliphatic carbocycles. The van der Waals surface area contributed by atoms with Crippen LogP contribution in [0.5, 0.6) is 11.5 Å². The van der Waals surface area contributed by atoms with Gasteiger partial charge >= 0.3 is 5.97 Å². The number of aliphatic carboxylic acids is 1. The number of benzene rings is 1. The van der Waals surface area contributed by atoms with Gasteiger partial charge in [-0.2, -0.15) is 0 Å². The zero-order valence-electron chi connectivity index (χ0n) is 12.9. The Morgan fingerprint density at radius 1 is 1.21 bits per heavy atom. The fraction of sp³-hybridized carbons (Fsp3) is 0.533. The van der Waals surface area contributed by atoms with Crippen molar-refractivity contribution in [3.8, 4) is 11.5 Å². The zero-order chi connectivity index (χ0) is 17.9. The number of hydrogen-bond acceptors (Lipinski definition) is 8. The zero-order valence-corrected chi connectivity index (χ0v) is 12.9. The number of methoxy groups -OCH3 is 1. The van der Waals surface area contributed by atoms with E-state index in [9.17, 15) is 20.1 Å². The summed E-state index contributed by atoms with van der Waals surface area (Å²) < 4.78 is 15.7. The minimum atomic E-state index is -1.58.